The number of allylic oxidation sites excluding steroid dienone is 12. The molecule has 0 heterocycles. The Hall–Kier alpha value is -2.17. The fourth-order valence-electron chi connectivity index (χ4n) is 9.07. The van der Waals surface area contributed by atoms with Gasteiger partial charge in [0.25, 0.3) is 0 Å². The molecule has 0 aromatic heterocycles. The first-order chi connectivity index (χ1) is 33.4. The van der Waals surface area contributed by atoms with Crippen LogP contribution in [-0.4, -0.2) is 47.8 Å². The first-order valence-electron chi connectivity index (χ1n) is 29.9. The van der Waals surface area contributed by atoms with Gasteiger partial charge in [-0.05, 0) is 155 Å². The van der Waals surface area contributed by atoms with Crippen molar-refractivity contribution in [2.45, 2.75) is 309 Å². The number of nitrogens with zero attached hydrogens (tertiary/aromatic N) is 1. The zero-order valence-electron chi connectivity index (χ0n) is 46.3. The van der Waals surface area contributed by atoms with Gasteiger partial charge in [-0.2, -0.15) is 0 Å². The van der Waals surface area contributed by atoms with E-state index in [2.05, 4.69) is 113 Å². The minimum Gasteiger partial charge on any atom is -0.459 e. The third-order valence-corrected chi connectivity index (χ3v) is 13.9. The van der Waals surface area contributed by atoms with Crippen LogP contribution in [0.25, 0.3) is 0 Å². The van der Waals surface area contributed by atoms with Crippen LogP contribution in [0.1, 0.15) is 297 Å². The molecule has 0 amide bonds. The quantitative estimate of drug-likeness (QED) is 0.0375. The molecule has 0 aliphatic heterocycles. The second-order valence-electron chi connectivity index (χ2n) is 20.5. The van der Waals surface area contributed by atoms with Gasteiger partial charge in [0.1, 0.15) is 11.7 Å². The third-order valence-electron chi connectivity index (χ3n) is 13.9. The lowest BCUT2D eigenvalue weighted by Crippen LogP contribution is -2.45. The lowest BCUT2D eigenvalue weighted by molar-refractivity contribution is -0.169. The van der Waals surface area contributed by atoms with Crippen molar-refractivity contribution in [1.29, 1.82) is 0 Å². The Morgan fingerprint density at radius 1 is 0.426 bits per heavy atom. The normalized spacial score (nSPS) is 13.2. The molecule has 0 bridgehead atoms. The van der Waals surface area contributed by atoms with Crippen molar-refractivity contribution in [3.05, 3.63) is 72.9 Å². The molecule has 0 saturated heterocycles. The number of hydrogen-bond donors (Lipinski definition) is 1. The lowest BCUT2D eigenvalue weighted by atomic mass is 9.82. The molecule has 0 fully saturated rings. The summed E-state index contributed by atoms with van der Waals surface area (Å²) in [6, 6.07) is 0. The summed E-state index contributed by atoms with van der Waals surface area (Å²) in [6.07, 6.45) is 75.9. The number of rotatable bonds is 53. The van der Waals surface area contributed by atoms with Gasteiger partial charge in [0.2, 0.25) is 0 Å². The number of unbranched alkanes of at least 4 members (excludes halogenated alkanes) is 28. The van der Waals surface area contributed by atoms with Gasteiger partial charge < -0.3 is 14.7 Å². The number of ether oxygens (including phenoxy) is 1. The van der Waals surface area contributed by atoms with Crippen LogP contribution in [0.4, 0.5) is 0 Å². The van der Waals surface area contributed by atoms with E-state index in [0.717, 1.165) is 103 Å². The molecule has 4 heteroatoms. The lowest BCUT2D eigenvalue weighted by Gasteiger charge is -2.36. The molecule has 0 rings (SSSR count). The van der Waals surface area contributed by atoms with Crippen LogP contribution in [0, 0.1) is 0 Å². The summed E-state index contributed by atoms with van der Waals surface area (Å²) in [5.74, 6) is -0.110. The van der Waals surface area contributed by atoms with E-state index in [0.29, 0.717) is 6.42 Å². The highest BCUT2D eigenvalue weighted by molar-refractivity contribution is 5.69. The molecular formula is C64H117NO3. The zero-order valence-corrected chi connectivity index (χ0v) is 46.3. The number of aliphatic hydroxyl groups is 1. The highest BCUT2D eigenvalue weighted by Gasteiger charge is 2.38. The number of carbonyl (C=O) groups excluding carboxylic acids is 1. The summed E-state index contributed by atoms with van der Waals surface area (Å²) in [4.78, 5) is 15.8. The van der Waals surface area contributed by atoms with Crippen molar-refractivity contribution < 1.29 is 14.6 Å². The number of esters is 1. The Kier molecular flexibility index (Phi) is 52.4. The van der Waals surface area contributed by atoms with E-state index >= 15 is 0 Å². The standard InChI is InChI=1S/C64H117NO3/c1-6-10-13-16-19-22-25-28-31-34-37-40-43-46-49-52-57-62(68-63(66)58-53-56-61-65(5)9-4)64(67,59-54-50-47-44-41-38-35-32-29-26-23-20-17-14-11-7-2)60-55-51-48-45-42-39-36-33-30-27-24-21-18-15-12-8-3/h19-24,28-33,62,67H,6-18,25-27,34-61H2,1-5H3/b22-19-,23-20-,24-21-,31-28-,32-29-,33-30-. The molecule has 1 atom stereocenters. The van der Waals surface area contributed by atoms with Crippen molar-refractivity contribution in [3.63, 3.8) is 0 Å². The minimum absolute atomic E-state index is 0.110. The van der Waals surface area contributed by atoms with Crippen molar-refractivity contribution in [1.82, 2.24) is 4.90 Å². The van der Waals surface area contributed by atoms with Gasteiger partial charge in [-0.15, -0.1) is 0 Å². The summed E-state index contributed by atoms with van der Waals surface area (Å²) in [5.41, 5.74) is -0.945. The van der Waals surface area contributed by atoms with Crippen LogP contribution in [0.3, 0.4) is 0 Å². The average molecular weight is 949 g/mol. The van der Waals surface area contributed by atoms with E-state index in [1.54, 1.807) is 0 Å². The number of hydrogen-bond acceptors (Lipinski definition) is 4. The van der Waals surface area contributed by atoms with Crippen LogP contribution >= 0.6 is 0 Å². The molecule has 1 unspecified atom stereocenters. The van der Waals surface area contributed by atoms with Crippen molar-refractivity contribution in [2.24, 2.45) is 0 Å². The Labute approximate surface area is 425 Å². The predicted molar refractivity (Wildman–Crippen MR) is 304 cm³/mol. The molecule has 1 N–H and O–H groups in total. The van der Waals surface area contributed by atoms with Crippen molar-refractivity contribution in [3.8, 4) is 0 Å². The van der Waals surface area contributed by atoms with Crippen LogP contribution in [0.15, 0.2) is 72.9 Å². The van der Waals surface area contributed by atoms with Gasteiger partial charge in [0, 0.05) is 6.42 Å². The van der Waals surface area contributed by atoms with E-state index in [4.69, 9.17) is 4.74 Å². The Morgan fingerprint density at radius 3 is 1.10 bits per heavy atom. The molecule has 0 saturated carbocycles. The van der Waals surface area contributed by atoms with E-state index < -0.39 is 11.7 Å². The highest BCUT2D eigenvalue weighted by atomic mass is 16.6. The Bertz CT molecular complexity index is 1160. The fraction of sp³-hybridized carbons (Fsp3) is 0.797. The van der Waals surface area contributed by atoms with Gasteiger partial charge in [-0.3, -0.25) is 4.79 Å². The maximum Gasteiger partial charge on any atom is 0.306 e. The molecule has 0 spiro atoms. The molecule has 0 aliphatic carbocycles. The smallest absolute Gasteiger partial charge is 0.306 e. The molecular weight excluding hydrogens is 831 g/mol. The SMILES string of the molecule is CCCCC/C=C\C/C=C\CCCCCCCCC(OC(=O)CCCCN(C)CC)C(O)(CCCCCCCC/C=C\C/C=C\CCCCC)CCCCCCCC/C=C\C/C=C\CCCCC. The van der Waals surface area contributed by atoms with E-state index in [1.165, 1.54) is 173 Å². The largest absolute Gasteiger partial charge is 0.459 e. The third kappa shape index (κ3) is 47.5. The molecule has 0 radical (unpaired) electrons. The van der Waals surface area contributed by atoms with E-state index in [1.807, 2.05) is 0 Å². The first kappa shape index (κ1) is 65.8. The summed E-state index contributed by atoms with van der Waals surface area (Å²) in [6.45, 7) is 11.0. The molecule has 4 nitrogen and oxygen atoms in total. The van der Waals surface area contributed by atoms with E-state index in [9.17, 15) is 9.90 Å². The van der Waals surface area contributed by atoms with Gasteiger partial charge in [-0.25, -0.2) is 0 Å². The summed E-state index contributed by atoms with van der Waals surface area (Å²) < 4.78 is 6.40. The monoisotopic (exact) mass is 948 g/mol. The van der Waals surface area contributed by atoms with Crippen molar-refractivity contribution in [2.75, 3.05) is 20.1 Å². The molecule has 0 aliphatic rings. The van der Waals surface area contributed by atoms with Crippen LogP contribution in [0.5, 0.6) is 0 Å². The Balaban J connectivity index is 5.22. The molecule has 0 aromatic rings. The average Bonchev–Trinajstić information content (AvgIpc) is 3.34. The predicted octanol–water partition coefficient (Wildman–Crippen LogP) is 20.4. The van der Waals surface area contributed by atoms with Crippen LogP contribution < -0.4 is 0 Å². The minimum atomic E-state index is -0.945. The topological polar surface area (TPSA) is 49.8 Å². The fourth-order valence-corrected chi connectivity index (χ4v) is 9.07. The number of carbonyl (C=O) groups is 1. The van der Waals surface area contributed by atoms with Crippen molar-refractivity contribution >= 4 is 5.97 Å². The maximum atomic E-state index is 13.5. The summed E-state index contributed by atoms with van der Waals surface area (Å²) in [7, 11) is 2.14. The first-order valence-corrected chi connectivity index (χ1v) is 29.9. The zero-order chi connectivity index (χ0) is 49.5. The highest BCUT2D eigenvalue weighted by Crippen LogP contribution is 2.32. The van der Waals surface area contributed by atoms with E-state index in [-0.39, 0.29) is 5.97 Å². The Morgan fingerprint density at radius 2 is 0.750 bits per heavy atom. The van der Waals surface area contributed by atoms with Gasteiger partial charge in [-0.1, -0.05) is 229 Å². The summed E-state index contributed by atoms with van der Waals surface area (Å²) >= 11 is 0. The van der Waals surface area contributed by atoms with Crippen LogP contribution in [-0.2, 0) is 9.53 Å². The molecule has 0 aromatic carbocycles. The van der Waals surface area contributed by atoms with Gasteiger partial charge in [0.05, 0.1) is 0 Å². The van der Waals surface area contributed by atoms with Crippen LogP contribution in [0.2, 0.25) is 0 Å². The van der Waals surface area contributed by atoms with Gasteiger partial charge in [0.15, 0.2) is 0 Å². The maximum absolute atomic E-state index is 13.5. The molecule has 68 heavy (non-hydrogen) atoms. The molecule has 396 valence electrons. The van der Waals surface area contributed by atoms with Gasteiger partial charge >= 0.3 is 5.97 Å². The second kappa shape index (κ2) is 54.2. The second-order valence-corrected chi connectivity index (χ2v) is 20.5. The summed E-state index contributed by atoms with van der Waals surface area (Å²) in [5, 5.41) is 12.6.